The van der Waals surface area contributed by atoms with E-state index in [2.05, 4.69) is 15.6 Å². The number of aromatic nitrogens is 3. The van der Waals surface area contributed by atoms with Crippen molar-refractivity contribution < 1.29 is 28.6 Å². The summed E-state index contributed by atoms with van der Waals surface area (Å²) in [6.45, 7) is 11.9. The molecule has 2 heterocycles. The number of aryl methyl sites for hydroxylation is 1. The minimum absolute atomic E-state index is 0.280. The number of carbonyl (C=O) groups excluding carboxylic acids is 3. The topological polar surface area (TPSA) is 134 Å². The maximum Gasteiger partial charge on any atom is 0.407 e. The third kappa shape index (κ3) is 9.06. The van der Waals surface area contributed by atoms with Gasteiger partial charge in [-0.25, -0.2) is 19.6 Å². The summed E-state index contributed by atoms with van der Waals surface area (Å²) in [6.07, 6.45) is 3.52. The fourth-order valence-electron chi connectivity index (χ4n) is 4.85. The summed E-state index contributed by atoms with van der Waals surface area (Å²) in [7, 11) is 1.58. The molecule has 11 nitrogen and oxygen atoms in total. The van der Waals surface area contributed by atoms with E-state index in [-0.39, 0.29) is 5.56 Å². The number of alkyl carbamates (subject to hydrolysis) is 1. The predicted octanol–water partition coefficient (Wildman–Crippen LogP) is 7.01. The largest absolute Gasteiger partial charge is 0.481 e. The Hall–Kier alpha value is -4.93. The fraction of sp³-hybridized carbons (Fsp3) is 0.400. The normalized spacial score (nSPS) is 11.6. The molecule has 11 heteroatoms. The number of esters is 1. The van der Waals surface area contributed by atoms with Crippen LogP contribution in [-0.4, -0.2) is 57.4 Å². The van der Waals surface area contributed by atoms with Crippen LogP contribution in [0.15, 0.2) is 60.8 Å². The van der Waals surface area contributed by atoms with E-state index in [9.17, 15) is 14.4 Å². The highest BCUT2D eigenvalue weighted by atomic mass is 16.6. The number of pyridine rings is 1. The van der Waals surface area contributed by atoms with Crippen molar-refractivity contribution in [3.8, 4) is 17.0 Å². The van der Waals surface area contributed by atoms with Crippen LogP contribution in [0.2, 0.25) is 0 Å². The van der Waals surface area contributed by atoms with E-state index in [0.717, 1.165) is 35.9 Å². The standard InChI is InChI=1S/C35H43N5O6/c1-34(2,3)45-31(42)24-15-11-14-23(22-24)29(41)39-32-38-27-18-12-16-25(26-17-13-20-36-30(26)44-7)28(27)40(32)21-10-8-9-19-37-33(43)46-35(4,5)6/h11-18,20,22H,8-10,19,21H2,1-7H3,(H,37,43)(H,38,39,41). The zero-order valence-corrected chi connectivity index (χ0v) is 27.6. The van der Waals surface area contributed by atoms with Gasteiger partial charge in [-0.15, -0.1) is 0 Å². The number of nitrogens with one attached hydrogen (secondary N) is 2. The van der Waals surface area contributed by atoms with Crippen LogP contribution in [0.25, 0.3) is 22.2 Å². The summed E-state index contributed by atoms with van der Waals surface area (Å²) in [5.74, 6) is -0.0833. The van der Waals surface area contributed by atoms with Crippen molar-refractivity contribution >= 4 is 35.0 Å². The van der Waals surface area contributed by atoms with Gasteiger partial charge in [0.1, 0.15) is 11.2 Å². The lowest BCUT2D eigenvalue weighted by molar-refractivity contribution is 0.00691. The predicted molar refractivity (Wildman–Crippen MR) is 177 cm³/mol. The Bertz CT molecular complexity index is 1700. The Labute approximate surface area is 269 Å². The van der Waals surface area contributed by atoms with Gasteiger partial charge in [0.05, 0.1) is 23.7 Å². The third-order valence-electron chi connectivity index (χ3n) is 6.73. The average molecular weight is 630 g/mol. The van der Waals surface area contributed by atoms with E-state index < -0.39 is 29.2 Å². The summed E-state index contributed by atoms with van der Waals surface area (Å²) in [4.78, 5) is 47.4. The Kier molecular flexibility index (Phi) is 10.7. The zero-order chi connectivity index (χ0) is 33.5. The van der Waals surface area contributed by atoms with Crippen LogP contribution in [0.1, 0.15) is 81.5 Å². The number of rotatable bonds is 11. The molecule has 46 heavy (non-hydrogen) atoms. The monoisotopic (exact) mass is 629 g/mol. The molecule has 244 valence electrons. The van der Waals surface area contributed by atoms with Gasteiger partial charge in [0, 0.05) is 36.0 Å². The van der Waals surface area contributed by atoms with Gasteiger partial charge in [0.2, 0.25) is 11.8 Å². The summed E-state index contributed by atoms with van der Waals surface area (Å²) in [5.41, 5.74) is 2.51. The number of nitrogens with zero attached hydrogens (tertiary/aromatic N) is 3. The first-order valence-corrected chi connectivity index (χ1v) is 15.4. The van der Waals surface area contributed by atoms with Gasteiger partial charge in [-0.05, 0) is 97.2 Å². The number of hydrogen-bond acceptors (Lipinski definition) is 8. The molecular formula is C35H43N5O6. The van der Waals surface area contributed by atoms with Gasteiger partial charge < -0.3 is 24.1 Å². The van der Waals surface area contributed by atoms with Gasteiger partial charge in [-0.2, -0.15) is 0 Å². The van der Waals surface area contributed by atoms with Crippen molar-refractivity contribution in [2.24, 2.45) is 0 Å². The van der Waals surface area contributed by atoms with E-state index in [4.69, 9.17) is 19.2 Å². The first-order chi connectivity index (χ1) is 21.8. The maximum absolute atomic E-state index is 13.5. The maximum atomic E-state index is 13.5. The summed E-state index contributed by atoms with van der Waals surface area (Å²) in [6, 6.07) is 16.0. The number of anilines is 1. The zero-order valence-electron chi connectivity index (χ0n) is 27.6. The number of para-hydroxylation sites is 1. The van der Waals surface area contributed by atoms with Crippen LogP contribution in [0.5, 0.6) is 5.88 Å². The Morgan fingerprint density at radius 1 is 0.826 bits per heavy atom. The van der Waals surface area contributed by atoms with Gasteiger partial charge >= 0.3 is 12.1 Å². The van der Waals surface area contributed by atoms with Crippen LogP contribution in [0, 0.1) is 0 Å². The molecule has 0 saturated heterocycles. The second kappa shape index (κ2) is 14.4. The highest BCUT2D eigenvalue weighted by Gasteiger charge is 2.22. The molecule has 4 rings (SSSR count). The van der Waals surface area contributed by atoms with Crippen molar-refractivity contribution in [1.82, 2.24) is 19.9 Å². The minimum Gasteiger partial charge on any atom is -0.481 e. The summed E-state index contributed by atoms with van der Waals surface area (Å²) < 4.78 is 18.3. The van der Waals surface area contributed by atoms with Crippen molar-refractivity contribution in [1.29, 1.82) is 0 Å². The molecule has 2 amide bonds. The van der Waals surface area contributed by atoms with E-state index in [1.165, 1.54) is 6.07 Å². The molecule has 4 aromatic rings. The second-order valence-electron chi connectivity index (χ2n) is 12.8. The molecule has 0 bridgehead atoms. The number of carbonyl (C=O) groups is 3. The molecule has 0 atom stereocenters. The molecule has 2 aromatic carbocycles. The van der Waals surface area contributed by atoms with Crippen LogP contribution in [0.3, 0.4) is 0 Å². The SMILES string of the molecule is COc1ncccc1-c1cccc2nc(NC(=O)c3cccc(C(=O)OC(C)(C)C)c3)n(CCCCCNC(=O)OC(C)(C)C)c12. The molecule has 0 radical (unpaired) electrons. The Balaban J connectivity index is 1.60. The average Bonchev–Trinajstić information content (AvgIpc) is 3.34. The quantitative estimate of drug-likeness (QED) is 0.134. The Morgan fingerprint density at radius 2 is 1.52 bits per heavy atom. The Morgan fingerprint density at radius 3 is 2.24 bits per heavy atom. The molecule has 0 spiro atoms. The van der Waals surface area contributed by atoms with E-state index in [1.54, 1.807) is 52.3 Å². The lowest BCUT2D eigenvalue weighted by atomic mass is 10.1. The molecule has 0 aliphatic carbocycles. The molecule has 0 aliphatic rings. The molecular weight excluding hydrogens is 586 g/mol. The highest BCUT2D eigenvalue weighted by molar-refractivity contribution is 6.06. The lowest BCUT2D eigenvalue weighted by Gasteiger charge is -2.19. The number of unbranched alkanes of at least 4 members (excludes halogenated alkanes) is 2. The number of hydrogen-bond donors (Lipinski definition) is 2. The number of methoxy groups -OCH3 is 1. The minimum atomic E-state index is -0.666. The van der Waals surface area contributed by atoms with E-state index in [1.807, 2.05) is 55.7 Å². The molecule has 0 fully saturated rings. The molecule has 0 saturated carbocycles. The number of imidazole rings is 1. The molecule has 0 unspecified atom stereocenters. The van der Waals surface area contributed by atoms with E-state index in [0.29, 0.717) is 36.0 Å². The van der Waals surface area contributed by atoms with Crippen LogP contribution < -0.4 is 15.4 Å². The smallest absolute Gasteiger partial charge is 0.407 e. The van der Waals surface area contributed by atoms with E-state index >= 15 is 0 Å². The first-order valence-electron chi connectivity index (χ1n) is 15.4. The lowest BCUT2D eigenvalue weighted by Crippen LogP contribution is -2.33. The van der Waals surface area contributed by atoms with Crippen molar-refractivity contribution in [3.05, 3.63) is 71.9 Å². The molecule has 2 N–H and O–H groups in total. The van der Waals surface area contributed by atoms with Crippen molar-refractivity contribution in [2.75, 3.05) is 19.0 Å². The van der Waals surface area contributed by atoms with Crippen molar-refractivity contribution in [2.45, 2.75) is 78.6 Å². The number of fused-ring (bicyclic) bond motifs is 1. The highest BCUT2D eigenvalue weighted by Crippen LogP contribution is 2.35. The van der Waals surface area contributed by atoms with Gasteiger partial charge in [-0.1, -0.05) is 18.2 Å². The van der Waals surface area contributed by atoms with Crippen LogP contribution in [0.4, 0.5) is 10.7 Å². The number of ether oxygens (including phenoxy) is 3. The summed E-state index contributed by atoms with van der Waals surface area (Å²) in [5, 5.41) is 5.76. The molecule has 2 aromatic heterocycles. The van der Waals surface area contributed by atoms with Gasteiger partial charge in [0.25, 0.3) is 5.91 Å². The van der Waals surface area contributed by atoms with Gasteiger partial charge in [-0.3, -0.25) is 10.1 Å². The van der Waals surface area contributed by atoms with Crippen molar-refractivity contribution in [3.63, 3.8) is 0 Å². The number of benzene rings is 2. The van der Waals surface area contributed by atoms with Crippen LogP contribution >= 0.6 is 0 Å². The molecule has 0 aliphatic heterocycles. The summed E-state index contributed by atoms with van der Waals surface area (Å²) >= 11 is 0. The van der Waals surface area contributed by atoms with Gasteiger partial charge in [0.15, 0.2) is 0 Å². The third-order valence-corrected chi connectivity index (χ3v) is 6.73. The van der Waals surface area contributed by atoms with Crippen LogP contribution in [-0.2, 0) is 16.0 Å². The number of amides is 2. The first kappa shape index (κ1) is 34.0. The fourth-order valence-corrected chi connectivity index (χ4v) is 4.85. The second-order valence-corrected chi connectivity index (χ2v) is 12.8.